The van der Waals surface area contributed by atoms with Crippen molar-refractivity contribution in [2.75, 3.05) is 0 Å². The summed E-state index contributed by atoms with van der Waals surface area (Å²) in [5.74, 6) is -3.79. The molecule has 0 saturated heterocycles. The summed E-state index contributed by atoms with van der Waals surface area (Å²) < 4.78 is 26.0. The van der Waals surface area contributed by atoms with Crippen LogP contribution < -0.4 is 0 Å². The molecule has 0 radical (unpaired) electrons. The summed E-state index contributed by atoms with van der Waals surface area (Å²) >= 11 is 0. The Kier molecular flexibility index (Phi) is 2.47. The molecule has 4 heteroatoms. The first kappa shape index (κ1) is 10.8. The molecule has 0 aliphatic heterocycles. The fourth-order valence-electron chi connectivity index (χ4n) is 2.69. The molecule has 0 bridgehead atoms. The van der Waals surface area contributed by atoms with Gasteiger partial charge in [0.1, 0.15) is 5.41 Å². The average Bonchev–Trinajstić information content (AvgIpc) is 2.57. The second-order valence-corrected chi connectivity index (χ2v) is 4.96. The Morgan fingerprint density at radius 2 is 1.87 bits per heavy atom. The number of alkyl halides is 2. The highest BCUT2D eigenvalue weighted by molar-refractivity contribution is 5.80. The van der Waals surface area contributed by atoms with Crippen molar-refractivity contribution in [1.29, 1.82) is 0 Å². The molecule has 2 nitrogen and oxygen atoms in total. The second-order valence-electron chi connectivity index (χ2n) is 4.96. The van der Waals surface area contributed by atoms with E-state index in [0.29, 0.717) is 12.3 Å². The molecular formula is C11H16F2O2. The van der Waals surface area contributed by atoms with E-state index in [-0.39, 0.29) is 6.42 Å². The fraction of sp³-hybridized carbons (Fsp3) is 0.909. The molecule has 1 unspecified atom stereocenters. The fourth-order valence-corrected chi connectivity index (χ4v) is 2.69. The number of hydrogen-bond donors (Lipinski definition) is 1. The molecule has 2 fully saturated rings. The van der Waals surface area contributed by atoms with Gasteiger partial charge < -0.3 is 5.11 Å². The predicted octanol–water partition coefficient (Wildman–Crippen LogP) is 3.07. The van der Waals surface area contributed by atoms with Crippen LogP contribution in [0.25, 0.3) is 0 Å². The quantitative estimate of drug-likeness (QED) is 0.787. The Balaban J connectivity index is 1.89. The van der Waals surface area contributed by atoms with Gasteiger partial charge in [0.2, 0.25) is 0 Å². The highest BCUT2D eigenvalue weighted by Gasteiger charge is 2.75. The van der Waals surface area contributed by atoms with Crippen molar-refractivity contribution in [1.82, 2.24) is 0 Å². The van der Waals surface area contributed by atoms with Gasteiger partial charge in [-0.15, -0.1) is 0 Å². The summed E-state index contributed by atoms with van der Waals surface area (Å²) in [6.45, 7) is 0. The van der Waals surface area contributed by atoms with Crippen LogP contribution in [0.5, 0.6) is 0 Å². The van der Waals surface area contributed by atoms with E-state index in [0.717, 1.165) is 12.8 Å². The van der Waals surface area contributed by atoms with Crippen molar-refractivity contribution in [3.05, 3.63) is 0 Å². The highest BCUT2D eigenvalue weighted by Crippen LogP contribution is 2.63. The maximum atomic E-state index is 13.0. The number of carbonyl (C=O) groups is 1. The van der Waals surface area contributed by atoms with Gasteiger partial charge in [-0.05, 0) is 18.8 Å². The van der Waals surface area contributed by atoms with Gasteiger partial charge in [-0.25, -0.2) is 8.78 Å². The lowest BCUT2D eigenvalue weighted by molar-refractivity contribution is -0.148. The minimum atomic E-state index is -2.96. The van der Waals surface area contributed by atoms with Crippen molar-refractivity contribution in [2.24, 2.45) is 11.3 Å². The number of carboxylic acid groups (broad SMARTS) is 1. The number of aliphatic carboxylic acids is 1. The molecular weight excluding hydrogens is 202 g/mol. The van der Waals surface area contributed by atoms with Crippen molar-refractivity contribution in [3.63, 3.8) is 0 Å². The standard InChI is InChI=1S/C11H16F2O2/c12-11(13)7-10(11,9(14)15)6-5-8-3-1-2-4-8/h8H,1-7H2,(H,14,15). The molecule has 15 heavy (non-hydrogen) atoms. The lowest BCUT2D eigenvalue weighted by atomic mass is 9.92. The van der Waals surface area contributed by atoms with Gasteiger partial charge in [0.05, 0.1) is 0 Å². The van der Waals surface area contributed by atoms with Crippen molar-refractivity contribution < 1.29 is 18.7 Å². The number of halogens is 2. The van der Waals surface area contributed by atoms with E-state index in [1.807, 2.05) is 0 Å². The molecule has 0 aromatic heterocycles. The zero-order valence-corrected chi connectivity index (χ0v) is 8.64. The molecule has 0 amide bonds. The Morgan fingerprint density at radius 1 is 1.33 bits per heavy atom. The summed E-state index contributed by atoms with van der Waals surface area (Å²) in [5, 5.41) is 8.83. The molecule has 1 atom stereocenters. The summed E-state index contributed by atoms with van der Waals surface area (Å²) in [6.07, 6.45) is 4.86. The van der Waals surface area contributed by atoms with Gasteiger partial charge in [0.25, 0.3) is 5.92 Å². The Labute approximate surface area is 87.7 Å². The molecule has 2 aliphatic rings. The van der Waals surface area contributed by atoms with Gasteiger partial charge in [-0.1, -0.05) is 25.7 Å². The minimum Gasteiger partial charge on any atom is -0.481 e. The van der Waals surface area contributed by atoms with Gasteiger partial charge in [0, 0.05) is 6.42 Å². The zero-order chi connectivity index (χ0) is 11.1. The number of rotatable bonds is 4. The van der Waals surface area contributed by atoms with Gasteiger partial charge in [0.15, 0.2) is 0 Å². The Hall–Kier alpha value is -0.670. The van der Waals surface area contributed by atoms with Gasteiger partial charge >= 0.3 is 5.97 Å². The molecule has 0 aromatic carbocycles. The lowest BCUT2D eigenvalue weighted by Crippen LogP contribution is -2.23. The third-order valence-corrected chi connectivity index (χ3v) is 3.96. The van der Waals surface area contributed by atoms with Crippen LogP contribution >= 0.6 is 0 Å². The molecule has 0 aromatic rings. The maximum absolute atomic E-state index is 13.0. The van der Waals surface area contributed by atoms with Crippen molar-refractivity contribution in [2.45, 2.75) is 50.9 Å². The summed E-state index contributed by atoms with van der Waals surface area (Å²) in [4.78, 5) is 10.8. The van der Waals surface area contributed by atoms with Gasteiger partial charge in [-0.3, -0.25) is 4.79 Å². The van der Waals surface area contributed by atoms with E-state index in [9.17, 15) is 13.6 Å². The third-order valence-electron chi connectivity index (χ3n) is 3.96. The van der Waals surface area contributed by atoms with Crippen LogP contribution in [-0.2, 0) is 4.79 Å². The Morgan fingerprint density at radius 3 is 2.27 bits per heavy atom. The van der Waals surface area contributed by atoms with Crippen LogP contribution in [0.1, 0.15) is 44.9 Å². The van der Waals surface area contributed by atoms with E-state index in [4.69, 9.17) is 5.11 Å². The summed E-state index contributed by atoms with van der Waals surface area (Å²) in [7, 11) is 0. The number of carboxylic acids is 1. The first-order chi connectivity index (χ1) is 6.98. The molecule has 1 N–H and O–H groups in total. The summed E-state index contributed by atoms with van der Waals surface area (Å²) in [6, 6.07) is 0. The predicted molar refractivity (Wildman–Crippen MR) is 50.8 cm³/mol. The molecule has 2 rings (SSSR count). The van der Waals surface area contributed by atoms with Crippen molar-refractivity contribution >= 4 is 5.97 Å². The highest BCUT2D eigenvalue weighted by atomic mass is 19.3. The minimum absolute atomic E-state index is 0.153. The van der Waals surface area contributed by atoms with E-state index in [2.05, 4.69) is 0 Å². The number of hydrogen-bond acceptors (Lipinski definition) is 1. The topological polar surface area (TPSA) is 37.3 Å². The first-order valence-electron chi connectivity index (χ1n) is 5.59. The summed E-state index contributed by atoms with van der Waals surface area (Å²) in [5.41, 5.74) is -1.71. The van der Waals surface area contributed by atoms with Crippen LogP contribution in [-0.4, -0.2) is 17.0 Å². The van der Waals surface area contributed by atoms with Crippen LogP contribution in [0.3, 0.4) is 0 Å². The van der Waals surface area contributed by atoms with E-state index >= 15 is 0 Å². The molecule has 0 heterocycles. The average molecular weight is 218 g/mol. The molecule has 86 valence electrons. The third kappa shape index (κ3) is 1.74. The van der Waals surface area contributed by atoms with Crippen LogP contribution in [0.2, 0.25) is 0 Å². The largest absolute Gasteiger partial charge is 0.481 e. The van der Waals surface area contributed by atoms with E-state index in [1.54, 1.807) is 0 Å². The lowest BCUT2D eigenvalue weighted by Gasteiger charge is -2.14. The van der Waals surface area contributed by atoms with E-state index in [1.165, 1.54) is 12.8 Å². The molecule has 2 aliphatic carbocycles. The Bertz CT molecular complexity index is 272. The first-order valence-corrected chi connectivity index (χ1v) is 5.59. The van der Waals surface area contributed by atoms with Gasteiger partial charge in [-0.2, -0.15) is 0 Å². The van der Waals surface area contributed by atoms with Crippen molar-refractivity contribution in [3.8, 4) is 0 Å². The van der Waals surface area contributed by atoms with Crippen LogP contribution in [0.15, 0.2) is 0 Å². The van der Waals surface area contributed by atoms with Crippen LogP contribution in [0, 0.1) is 11.3 Å². The zero-order valence-electron chi connectivity index (χ0n) is 8.64. The monoisotopic (exact) mass is 218 g/mol. The van der Waals surface area contributed by atoms with Crippen LogP contribution in [0.4, 0.5) is 8.78 Å². The second kappa shape index (κ2) is 3.42. The molecule has 2 saturated carbocycles. The maximum Gasteiger partial charge on any atom is 0.316 e. The SMILES string of the molecule is O=C(O)C1(CCC2CCCC2)CC1(F)F. The molecule has 0 spiro atoms. The van der Waals surface area contributed by atoms with E-state index < -0.39 is 23.7 Å². The normalized spacial score (nSPS) is 34.3. The smallest absolute Gasteiger partial charge is 0.316 e.